The number of aryl methyl sites for hydroxylation is 1. The van der Waals surface area contributed by atoms with Gasteiger partial charge in [0.2, 0.25) is 0 Å². The van der Waals surface area contributed by atoms with Gasteiger partial charge in [0, 0.05) is 23.3 Å². The van der Waals surface area contributed by atoms with E-state index in [1.165, 1.54) is 12.1 Å². The Kier molecular flexibility index (Phi) is 6.45. The summed E-state index contributed by atoms with van der Waals surface area (Å²) in [5.41, 5.74) is 1.68. The number of hydrogen-bond donors (Lipinski definition) is 0. The molecule has 2 heterocycles. The van der Waals surface area contributed by atoms with Crippen molar-refractivity contribution < 1.29 is 27.0 Å². The number of ether oxygens (including phenoxy) is 2. The molecule has 178 valence electrons. The van der Waals surface area contributed by atoms with Crippen LogP contribution in [0.3, 0.4) is 0 Å². The van der Waals surface area contributed by atoms with Gasteiger partial charge in [-0.2, -0.15) is 0 Å². The quantitative estimate of drug-likeness (QED) is 0.277. The summed E-state index contributed by atoms with van der Waals surface area (Å²) in [4.78, 5) is 0. The summed E-state index contributed by atoms with van der Waals surface area (Å²) in [6.45, 7) is 3.25. The van der Waals surface area contributed by atoms with Gasteiger partial charge in [0.05, 0.1) is 12.7 Å². The van der Waals surface area contributed by atoms with E-state index in [4.69, 9.17) is 9.47 Å². The first-order valence-corrected chi connectivity index (χ1v) is 11.7. The number of epoxide rings is 1. The van der Waals surface area contributed by atoms with E-state index >= 15 is 0 Å². The van der Waals surface area contributed by atoms with E-state index in [0.29, 0.717) is 48.7 Å². The van der Waals surface area contributed by atoms with Crippen LogP contribution in [0.4, 0.5) is 17.6 Å². The van der Waals surface area contributed by atoms with E-state index in [-0.39, 0.29) is 28.9 Å². The lowest BCUT2D eigenvalue weighted by atomic mass is 9.94. The smallest absolute Gasteiger partial charge is 0.167 e. The zero-order valence-corrected chi connectivity index (χ0v) is 18.9. The van der Waals surface area contributed by atoms with Crippen LogP contribution in [0, 0.1) is 29.2 Å². The standard InChI is InChI=1S/C28H26F4O2/c1-16-2-9-20(33-14-16)10-7-19-8-11-21(26(30)25(19)29)17-3-5-18(6-4-17)22-12-13-23(24-15-34-24)28(32)27(22)31/h3-6,8,11-13,16,20,24H,2,7,9-10,14-15H2,1H3. The van der Waals surface area contributed by atoms with Crippen LogP contribution in [0.1, 0.15) is 43.4 Å². The monoisotopic (exact) mass is 470 g/mol. The molecule has 5 rings (SSSR count). The summed E-state index contributed by atoms with van der Waals surface area (Å²) in [7, 11) is 0. The first kappa shape index (κ1) is 23.1. The van der Waals surface area contributed by atoms with Crippen molar-refractivity contribution in [2.75, 3.05) is 13.2 Å². The van der Waals surface area contributed by atoms with Gasteiger partial charge in [0.15, 0.2) is 23.3 Å². The second kappa shape index (κ2) is 9.51. The molecule has 0 radical (unpaired) electrons. The van der Waals surface area contributed by atoms with E-state index in [9.17, 15) is 17.6 Å². The molecule has 0 aromatic heterocycles. The zero-order chi connectivity index (χ0) is 23.8. The fraction of sp³-hybridized carbons (Fsp3) is 0.357. The van der Waals surface area contributed by atoms with Crippen LogP contribution < -0.4 is 0 Å². The average molecular weight is 471 g/mol. The first-order valence-electron chi connectivity index (χ1n) is 11.7. The van der Waals surface area contributed by atoms with Crippen LogP contribution in [0.2, 0.25) is 0 Å². The molecule has 0 aliphatic carbocycles. The summed E-state index contributed by atoms with van der Waals surface area (Å²) < 4.78 is 69.5. The molecule has 2 saturated heterocycles. The third kappa shape index (κ3) is 4.62. The maximum atomic E-state index is 14.9. The van der Waals surface area contributed by atoms with Gasteiger partial charge in [-0.25, -0.2) is 17.6 Å². The minimum Gasteiger partial charge on any atom is -0.378 e. The SMILES string of the molecule is CC1CCC(CCc2ccc(-c3ccc(-c4ccc(C5CO5)c(F)c4F)cc3)c(F)c2F)OC1. The minimum absolute atomic E-state index is 0.0852. The number of benzene rings is 3. The Labute approximate surface area is 196 Å². The van der Waals surface area contributed by atoms with Crippen molar-refractivity contribution in [3.8, 4) is 22.3 Å². The molecule has 0 bridgehead atoms. The summed E-state index contributed by atoms with van der Waals surface area (Å²) in [5.74, 6) is -3.07. The van der Waals surface area contributed by atoms with Crippen molar-refractivity contribution >= 4 is 0 Å². The first-order chi connectivity index (χ1) is 16.4. The molecule has 3 aromatic carbocycles. The van der Waals surface area contributed by atoms with Gasteiger partial charge in [-0.1, -0.05) is 55.5 Å². The fourth-order valence-corrected chi connectivity index (χ4v) is 4.58. The van der Waals surface area contributed by atoms with E-state index in [1.54, 1.807) is 36.4 Å². The maximum Gasteiger partial charge on any atom is 0.167 e. The zero-order valence-electron chi connectivity index (χ0n) is 18.9. The number of hydrogen-bond acceptors (Lipinski definition) is 2. The average Bonchev–Trinajstić information content (AvgIpc) is 3.68. The Balaban J connectivity index is 1.32. The molecular formula is C28H26F4O2. The highest BCUT2D eigenvalue weighted by Gasteiger charge is 2.30. The normalized spacial score (nSPS) is 22.1. The molecule has 0 amide bonds. The summed E-state index contributed by atoms with van der Waals surface area (Å²) in [6.07, 6.45) is 2.80. The highest BCUT2D eigenvalue weighted by molar-refractivity contribution is 5.71. The molecule has 3 aromatic rings. The van der Waals surface area contributed by atoms with Gasteiger partial charge < -0.3 is 9.47 Å². The Morgan fingerprint density at radius 3 is 1.91 bits per heavy atom. The third-order valence-corrected chi connectivity index (χ3v) is 6.80. The molecular weight excluding hydrogens is 444 g/mol. The number of halogens is 4. The lowest BCUT2D eigenvalue weighted by Crippen LogP contribution is -2.24. The highest BCUT2D eigenvalue weighted by Crippen LogP contribution is 2.36. The van der Waals surface area contributed by atoms with Gasteiger partial charge in [0.1, 0.15) is 6.10 Å². The van der Waals surface area contributed by atoms with Gasteiger partial charge in [-0.15, -0.1) is 0 Å². The van der Waals surface area contributed by atoms with Crippen LogP contribution in [0.15, 0.2) is 48.5 Å². The van der Waals surface area contributed by atoms with Gasteiger partial charge in [0.25, 0.3) is 0 Å². The molecule has 34 heavy (non-hydrogen) atoms. The van der Waals surface area contributed by atoms with Crippen molar-refractivity contribution in [3.63, 3.8) is 0 Å². The molecule has 6 heteroatoms. The summed E-state index contributed by atoms with van der Waals surface area (Å²) in [5, 5.41) is 0. The van der Waals surface area contributed by atoms with Crippen molar-refractivity contribution in [2.45, 2.75) is 44.8 Å². The van der Waals surface area contributed by atoms with E-state index in [2.05, 4.69) is 6.92 Å². The van der Waals surface area contributed by atoms with E-state index < -0.39 is 23.3 Å². The van der Waals surface area contributed by atoms with Gasteiger partial charge in [-0.3, -0.25) is 0 Å². The minimum atomic E-state index is -0.946. The molecule has 0 saturated carbocycles. The second-order valence-electron chi connectivity index (χ2n) is 9.31. The molecule has 3 atom stereocenters. The molecule has 0 N–H and O–H groups in total. The maximum absolute atomic E-state index is 14.9. The topological polar surface area (TPSA) is 21.8 Å². The molecule has 3 unspecified atom stereocenters. The third-order valence-electron chi connectivity index (χ3n) is 6.80. The van der Waals surface area contributed by atoms with Crippen LogP contribution in [-0.2, 0) is 15.9 Å². The van der Waals surface area contributed by atoms with Crippen molar-refractivity contribution in [3.05, 3.63) is 82.9 Å². The number of rotatable bonds is 6. The van der Waals surface area contributed by atoms with Gasteiger partial charge in [-0.05, 0) is 48.3 Å². The predicted molar refractivity (Wildman–Crippen MR) is 122 cm³/mol. The van der Waals surface area contributed by atoms with Crippen molar-refractivity contribution in [2.24, 2.45) is 5.92 Å². The highest BCUT2D eigenvalue weighted by atomic mass is 19.2. The lowest BCUT2D eigenvalue weighted by Gasteiger charge is -2.27. The lowest BCUT2D eigenvalue weighted by molar-refractivity contribution is -0.0148. The van der Waals surface area contributed by atoms with Crippen molar-refractivity contribution in [1.29, 1.82) is 0 Å². The molecule has 2 fully saturated rings. The van der Waals surface area contributed by atoms with E-state index in [1.807, 2.05) is 0 Å². The largest absolute Gasteiger partial charge is 0.378 e. The molecule has 2 nitrogen and oxygen atoms in total. The molecule has 2 aliphatic rings. The fourth-order valence-electron chi connectivity index (χ4n) is 4.58. The summed E-state index contributed by atoms with van der Waals surface area (Å²) >= 11 is 0. The van der Waals surface area contributed by atoms with Crippen molar-refractivity contribution in [1.82, 2.24) is 0 Å². The second-order valence-corrected chi connectivity index (χ2v) is 9.31. The van der Waals surface area contributed by atoms with Crippen LogP contribution in [0.25, 0.3) is 22.3 Å². The Bertz CT molecular complexity index is 1180. The van der Waals surface area contributed by atoms with Gasteiger partial charge >= 0.3 is 0 Å². The summed E-state index contributed by atoms with van der Waals surface area (Å²) in [6, 6.07) is 12.5. The Morgan fingerprint density at radius 1 is 0.706 bits per heavy atom. The van der Waals surface area contributed by atoms with Crippen LogP contribution >= 0.6 is 0 Å². The van der Waals surface area contributed by atoms with Crippen LogP contribution in [0.5, 0.6) is 0 Å². The Morgan fingerprint density at radius 2 is 1.32 bits per heavy atom. The molecule has 2 aliphatic heterocycles. The van der Waals surface area contributed by atoms with E-state index in [0.717, 1.165) is 12.8 Å². The predicted octanol–water partition coefficient (Wildman–Crippen LogP) is 7.40. The molecule has 0 spiro atoms. The Hall–Kier alpha value is -2.70. The van der Waals surface area contributed by atoms with Crippen LogP contribution in [-0.4, -0.2) is 19.3 Å².